The summed E-state index contributed by atoms with van der Waals surface area (Å²) >= 11 is 5.95. The Balaban J connectivity index is 2.23. The number of alkyl halides is 1. The van der Waals surface area contributed by atoms with Gasteiger partial charge in [0.2, 0.25) is 0 Å². The molecule has 96 valence electrons. The number of nitrogens with one attached hydrogen (secondary N) is 1. The van der Waals surface area contributed by atoms with Gasteiger partial charge in [0.25, 0.3) is 0 Å². The van der Waals surface area contributed by atoms with Crippen LogP contribution < -0.4 is 5.32 Å². The molecule has 2 unspecified atom stereocenters. The molecule has 0 amide bonds. The summed E-state index contributed by atoms with van der Waals surface area (Å²) < 4.78 is 5.94. The van der Waals surface area contributed by atoms with Gasteiger partial charge in [-0.25, -0.2) is 0 Å². The molecule has 0 aromatic rings. The molecule has 0 spiro atoms. The Labute approximate surface area is 105 Å². The molecule has 1 N–H and O–H groups in total. The second-order valence-corrected chi connectivity index (χ2v) is 6.24. The van der Waals surface area contributed by atoms with E-state index in [9.17, 15) is 0 Å². The van der Waals surface area contributed by atoms with E-state index in [-0.39, 0.29) is 5.60 Å². The molecule has 0 aromatic heterocycles. The van der Waals surface area contributed by atoms with Crippen molar-refractivity contribution in [3.63, 3.8) is 0 Å². The number of hydrogen-bond acceptors (Lipinski definition) is 2. The zero-order valence-electron chi connectivity index (χ0n) is 11.1. The van der Waals surface area contributed by atoms with Gasteiger partial charge in [-0.3, -0.25) is 0 Å². The highest BCUT2D eigenvalue weighted by atomic mass is 35.5. The van der Waals surface area contributed by atoms with Crippen molar-refractivity contribution in [2.75, 3.05) is 12.4 Å². The Morgan fingerprint density at radius 3 is 2.56 bits per heavy atom. The fourth-order valence-corrected chi connectivity index (χ4v) is 2.52. The maximum atomic E-state index is 5.95. The Morgan fingerprint density at radius 1 is 1.44 bits per heavy atom. The maximum Gasteiger partial charge on any atom is 0.0707 e. The summed E-state index contributed by atoms with van der Waals surface area (Å²) in [6.45, 7) is 9.74. The van der Waals surface area contributed by atoms with E-state index >= 15 is 0 Å². The van der Waals surface area contributed by atoms with Gasteiger partial charge in [0.05, 0.1) is 11.7 Å². The first-order valence-electron chi connectivity index (χ1n) is 6.40. The molecule has 1 aliphatic heterocycles. The van der Waals surface area contributed by atoms with E-state index in [0.29, 0.717) is 23.9 Å². The molecule has 0 saturated carbocycles. The number of hydrogen-bond donors (Lipinski definition) is 1. The lowest BCUT2D eigenvalue weighted by Crippen LogP contribution is -2.38. The summed E-state index contributed by atoms with van der Waals surface area (Å²) in [7, 11) is 0. The van der Waals surface area contributed by atoms with Gasteiger partial charge in [-0.2, -0.15) is 0 Å². The average molecular weight is 248 g/mol. The quantitative estimate of drug-likeness (QED) is 0.728. The lowest BCUT2D eigenvalue weighted by atomic mass is 10.0. The Bertz CT molecular complexity index is 204. The fourth-order valence-electron chi connectivity index (χ4n) is 2.29. The van der Waals surface area contributed by atoms with E-state index < -0.39 is 0 Å². The molecule has 1 saturated heterocycles. The minimum absolute atomic E-state index is 0.0703. The van der Waals surface area contributed by atoms with Gasteiger partial charge in [-0.15, -0.1) is 11.6 Å². The summed E-state index contributed by atoms with van der Waals surface area (Å²) in [5.74, 6) is 1.38. The Kier molecular flexibility index (Phi) is 5.55. The van der Waals surface area contributed by atoms with Gasteiger partial charge in [0.15, 0.2) is 0 Å². The normalized spacial score (nSPS) is 26.2. The predicted octanol–water partition coefficient (Wildman–Crippen LogP) is 3.19. The van der Waals surface area contributed by atoms with Crippen LogP contribution in [0.15, 0.2) is 0 Å². The van der Waals surface area contributed by atoms with Crippen molar-refractivity contribution in [1.29, 1.82) is 0 Å². The summed E-state index contributed by atoms with van der Waals surface area (Å²) in [5.41, 5.74) is 0.0703. The van der Waals surface area contributed by atoms with Crippen LogP contribution in [0, 0.1) is 5.92 Å². The van der Waals surface area contributed by atoms with E-state index in [4.69, 9.17) is 16.3 Å². The second-order valence-electron chi connectivity index (χ2n) is 5.93. The standard InChI is InChI=1S/C13H26ClNO/c1-10(2)7-11(8-14)15-9-12-5-6-13(3,4)16-12/h10-12,15H,5-9H2,1-4H3. The Hall–Kier alpha value is 0.210. The summed E-state index contributed by atoms with van der Waals surface area (Å²) in [4.78, 5) is 0. The molecular weight excluding hydrogens is 222 g/mol. The lowest BCUT2D eigenvalue weighted by molar-refractivity contribution is -0.0151. The Morgan fingerprint density at radius 2 is 2.12 bits per heavy atom. The lowest BCUT2D eigenvalue weighted by Gasteiger charge is -2.23. The van der Waals surface area contributed by atoms with Crippen molar-refractivity contribution >= 4 is 11.6 Å². The third-order valence-electron chi connectivity index (χ3n) is 3.13. The van der Waals surface area contributed by atoms with Crippen LogP contribution in [0.2, 0.25) is 0 Å². The van der Waals surface area contributed by atoms with Crippen molar-refractivity contribution in [3.8, 4) is 0 Å². The minimum atomic E-state index is 0.0703. The largest absolute Gasteiger partial charge is 0.371 e. The van der Waals surface area contributed by atoms with Gasteiger partial charge in [0.1, 0.15) is 0 Å². The molecule has 1 heterocycles. The number of halogens is 1. The van der Waals surface area contributed by atoms with E-state index in [1.807, 2.05) is 0 Å². The summed E-state index contributed by atoms with van der Waals surface area (Å²) in [5, 5.41) is 3.52. The van der Waals surface area contributed by atoms with Crippen LogP contribution in [0.1, 0.15) is 47.0 Å². The van der Waals surface area contributed by atoms with Gasteiger partial charge in [-0.1, -0.05) is 13.8 Å². The van der Waals surface area contributed by atoms with E-state index in [2.05, 4.69) is 33.0 Å². The number of rotatable bonds is 6. The molecule has 1 aliphatic rings. The molecule has 0 aliphatic carbocycles. The van der Waals surface area contributed by atoms with Gasteiger partial charge >= 0.3 is 0 Å². The summed E-state index contributed by atoms with van der Waals surface area (Å²) in [6.07, 6.45) is 3.83. The van der Waals surface area contributed by atoms with E-state index in [0.717, 1.165) is 25.8 Å². The van der Waals surface area contributed by atoms with E-state index in [1.165, 1.54) is 0 Å². The summed E-state index contributed by atoms with van der Waals surface area (Å²) in [6, 6.07) is 0.425. The van der Waals surface area contributed by atoms with Crippen molar-refractivity contribution < 1.29 is 4.74 Å². The first-order valence-corrected chi connectivity index (χ1v) is 6.93. The number of ether oxygens (including phenoxy) is 1. The highest BCUT2D eigenvalue weighted by Crippen LogP contribution is 2.28. The average Bonchev–Trinajstić information content (AvgIpc) is 2.52. The van der Waals surface area contributed by atoms with E-state index in [1.54, 1.807) is 0 Å². The predicted molar refractivity (Wildman–Crippen MR) is 70.2 cm³/mol. The highest BCUT2D eigenvalue weighted by Gasteiger charge is 2.31. The van der Waals surface area contributed by atoms with Crippen LogP contribution in [-0.2, 0) is 4.74 Å². The molecule has 2 atom stereocenters. The molecule has 1 rings (SSSR count). The van der Waals surface area contributed by atoms with Crippen molar-refractivity contribution in [2.45, 2.75) is 64.7 Å². The van der Waals surface area contributed by atoms with Crippen LogP contribution in [-0.4, -0.2) is 30.2 Å². The molecule has 1 fully saturated rings. The molecule has 0 radical (unpaired) electrons. The fraction of sp³-hybridized carbons (Fsp3) is 1.00. The first-order chi connectivity index (χ1) is 7.43. The molecular formula is C13H26ClNO. The van der Waals surface area contributed by atoms with Crippen molar-refractivity contribution in [2.24, 2.45) is 5.92 Å². The van der Waals surface area contributed by atoms with Crippen LogP contribution in [0.5, 0.6) is 0 Å². The van der Waals surface area contributed by atoms with Crippen molar-refractivity contribution in [3.05, 3.63) is 0 Å². The van der Waals surface area contributed by atoms with Crippen molar-refractivity contribution in [1.82, 2.24) is 5.32 Å². The molecule has 2 nitrogen and oxygen atoms in total. The monoisotopic (exact) mass is 247 g/mol. The SMILES string of the molecule is CC(C)CC(CCl)NCC1CCC(C)(C)O1. The molecule has 0 bridgehead atoms. The van der Waals surface area contributed by atoms with Crippen LogP contribution >= 0.6 is 11.6 Å². The van der Waals surface area contributed by atoms with Crippen LogP contribution in [0.3, 0.4) is 0 Å². The molecule has 16 heavy (non-hydrogen) atoms. The van der Waals surface area contributed by atoms with Crippen LogP contribution in [0.25, 0.3) is 0 Å². The molecule has 3 heteroatoms. The third-order valence-corrected chi connectivity index (χ3v) is 3.50. The van der Waals surface area contributed by atoms with Gasteiger partial charge in [0, 0.05) is 18.5 Å². The smallest absolute Gasteiger partial charge is 0.0707 e. The maximum absolute atomic E-state index is 5.95. The zero-order chi connectivity index (χ0) is 12.2. The first kappa shape index (κ1) is 14.3. The third kappa shape index (κ3) is 5.03. The highest BCUT2D eigenvalue weighted by molar-refractivity contribution is 6.18. The topological polar surface area (TPSA) is 21.3 Å². The molecule has 0 aromatic carbocycles. The van der Waals surface area contributed by atoms with Gasteiger partial charge in [-0.05, 0) is 39.0 Å². The van der Waals surface area contributed by atoms with Crippen LogP contribution in [0.4, 0.5) is 0 Å². The second kappa shape index (κ2) is 6.23. The van der Waals surface area contributed by atoms with Gasteiger partial charge < -0.3 is 10.1 Å². The minimum Gasteiger partial charge on any atom is -0.371 e. The zero-order valence-corrected chi connectivity index (χ0v) is 11.8.